The average molecular weight is 358 g/mol. The molecule has 4 nitrogen and oxygen atoms in total. The number of nitrogens with zero attached hydrogens (tertiary/aromatic N) is 1. The molecule has 3 aromatic carbocycles. The Balaban J connectivity index is 1.49. The van der Waals surface area contributed by atoms with Gasteiger partial charge in [-0.05, 0) is 60.0 Å². The lowest BCUT2D eigenvalue weighted by molar-refractivity contribution is -0.122. The first-order valence-corrected chi connectivity index (χ1v) is 9.18. The molecular formula is C23H22N2O2. The molecule has 1 aliphatic heterocycles. The highest BCUT2D eigenvalue weighted by Crippen LogP contribution is 2.28. The van der Waals surface area contributed by atoms with Crippen LogP contribution >= 0.6 is 0 Å². The van der Waals surface area contributed by atoms with Crippen LogP contribution in [0.1, 0.15) is 17.5 Å². The van der Waals surface area contributed by atoms with Gasteiger partial charge in [0.2, 0.25) is 11.8 Å². The molecule has 1 N–H and O–H groups in total. The fourth-order valence-corrected chi connectivity index (χ4v) is 3.54. The Kier molecular flexibility index (Phi) is 4.40. The second-order valence-electron chi connectivity index (χ2n) is 7.23. The molecule has 0 saturated carbocycles. The summed E-state index contributed by atoms with van der Waals surface area (Å²) in [6, 6.07) is 19.9. The molecule has 0 unspecified atom stereocenters. The second-order valence-corrected chi connectivity index (χ2v) is 7.23. The number of fused-ring (bicyclic) bond motifs is 1. The molecule has 1 fully saturated rings. The smallest absolute Gasteiger partial charge is 0.229 e. The van der Waals surface area contributed by atoms with Gasteiger partial charge in [0.25, 0.3) is 0 Å². The van der Waals surface area contributed by atoms with Crippen LogP contribution in [0, 0.1) is 19.8 Å². The van der Waals surface area contributed by atoms with Gasteiger partial charge < -0.3 is 10.2 Å². The first-order chi connectivity index (χ1) is 13.0. The van der Waals surface area contributed by atoms with E-state index in [0.29, 0.717) is 6.54 Å². The number of rotatable bonds is 3. The summed E-state index contributed by atoms with van der Waals surface area (Å²) in [6.07, 6.45) is 0.242. The van der Waals surface area contributed by atoms with Crippen LogP contribution in [0.4, 0.5) is 11.4 Å². The van der Waals surface area contributed by atoms with Crippen molar-refractivity contribution in [2.75, 3.05) is 16.8 Å². The summed E-state index contributed by atoms with van der Waals surface area (Å²) in [6.45, 7) is 4.49. The SMILES string of the molecule is Cc1ccc(N2C[C@@H](C(=O)Nc3ccc4ccccc4c3)CC2=O)cc1C. The van der Waals surface area contributed by atoms with E-state index in [0.717, 1.165) is 27.7 Å². The first-order valence-electron chi connectivity index (χ1n) is 9.18. The van der Waals surface area contributed by atoms with Crippen LogP contribution in [0.3, 0.4) is 0 Å². The third-order valence-corrected chi connectivity index (χ3v) is 5.31. The number of hydrogen-bond donors (Lipinski definition) is 1. The molecule has 1 saturated heterocycles. The van der Waals surface area contributed by atoms with Crippen molar-refractivity contribution >= 4 is 34.0 Å². The minimum absolute atomic E-state index is 0.00286. The molecule has 0 aliphatic carbocycles. The summed E-state index contributed by atoms with van der Waals surface area (Å²) in [5, 5.41) is 5.18. The summed E-state index contributed by atoms with van der Waals surface area (Å²) in [4.78, 5) is 26.9. The highest BCUT2D eigenvalue weighted by molar-refractivity contribution is 6.04. The Morgan fingerprint density at radius 2 is 1.74 bits per heavy atom. The summed E-state index contributed by atoms with van der Waals surface area (Å²) >= 11 is 0. The number of carbonyl (C=O) groups excluding carboxylic acids is 2. The molecule has 27 heavy (non-hydrogen) atoms. The summed E-state index contributed by atoms with van der Waals surface area (Å²) in [5.41, 5.74) is 3.96. The predicted octanol–water partition coefficient (Wildman–Crippen LogP) is 4.45. The zero-order valence-corrected chi connectivity index (χ0v) is 15.5. The van der Waals surface area contributed by atoms with E-state index in [2.05, 4.69) is 5.32 Å². The Hall–Kier alpha value is -3.14. The van der Waals surface area contributed by atoms with E-state index in [1.54, 1.807) is 4.90 Å². The van der Waals surface area contributed by atoms with Crippen molar-refractivity contribution in [2.45, 2.75) is 20.3 Å². The third-order valence-electron chi connectivity index (χ3n) is 5.31. The van der Waals surface area contributed by atoms with E-state index >= 15 is 0 Å². The molecular weight excluding hydrogens is 336 g/mol. The molecule has 136 valence electrons. The van der Waals surface area contributed by atoms with Gasteiger partial charge in [-0.3, -0.25) is 9.59 Å². The zero-order valence-electron chi connectivity index (χ0n) is 15.5. The molecule has 0 aromatic heterocycles. The van der Waals surface area contributed by atoms with Crippen molar-refractivity contribution in [1.29, 1.82) is 0 Å². The van der Waals surface area contributed by atoms with E-state index < -0.39 is 0 Å². The van der Waals surface area contributed by atoms with Crippen molar-refractivity contribution in [3.05, 3.63) is 71.8 Å². The monoisotopic (exact) mass is 358 g/mol. The molecule has 1 heterocycles. The van der Waals surface area contributed by atoms with Crippen molar-refractivity contribution in [3.63, 3.8) is 0 Å². The third kappa shape index (κ3) is 3.43. The second kappa shape index (κ2) is 6.88. The van der Waals surface area contributed by atoms with Crippen LogP contribution in [-0.4, -0.2) is 18.4 Å². The minimum atomic E-state index is -0.342. The first kappa shape index (κ1) is 17.3. The molecule has 0 bridgehead atoms. The van der Waals surface area contributed by atoms with Crippen LogP contribution < -0.4 is 10.2 Å². The van der Waals surface area contributed by atoms with E-state index in [1.165, 1.54) is 5.56 Å². The highest BCUT2D eigenvalue weighted by Gasteiger charge is 2.35. The molecule has 4 heteroatoms. The number of carbonyl (C=O) groups is 2. The van der Waals surface area contributed by atoms with Gasteiger partial charge in [0.05, 0.1) is 5.92 Å². The number of benzene rings is 3. The summed E-state index contributed by atoms with van der Waals surface area (Å²) in [5.74, 6) is -0.451. The summed E-state index contributed by atoms with van der Waals surface area (Å²) in [7, 11) is 0. The number of aryl methyl sites for hydroxylation is 2. The fourth-order valence-electron chi connectivity index (χ4n) is 3.54. The van der Waals surface area contributed by atoms with Crippen LogP contribution in [0.2, 0.25) is 0 Å². The van der Waals surface area contributed by atoms with E-state index in [9.17, 15) is 9.59 Å². The van der Waals surface area contributed by atoms with Gasteiger partial charge >= 0.3 is 0 Å². The number of hydrogen-bond acceptors (Lipinski definition) is 2. The van der Waals surface area contributed by atoms with Crippen molar-refractivity contribution < 1.29 is 9.59 Å². The normalized spacial score (nSPS) is 16.7. The van der Waals surface area contributed by atoms with E-state index in [1.807, 2.05) is 74.5 Å². The molecule has 1 atom stereocenters. The quantitative estimate of drug-likeness (QED) is 0.752. The summed E-state index contributed by atoms with van der Waals surface area (Å²) < 4.78 is 0. The van der Waals surface area contributed by atoms with Gasteiger partial charge in [0, 0.05) is 24.3 Å². The minimum Gasteiger partial charge on any atom is -0.326 e. The van der Waals surface area contributed by atoms with Gasteiger partial charge in [-0.15, -0.1) is 0 Å². The average Bonchev–Trinajstić information content (AvgIpc) is 3.06. The molecule has 1 aliphatic rings. The van der Waals surface area contributed by atoms with Crippen molar-refractivity contribution in [2.24, 2.45) is 5.92 Å². The lowest BCUT2D eigenvalue weighted by atomic mass is 10.1. The largest absolute Gasteiger partial charge is 0.326 e. The van der Waals surface area contributed by atoms with Crippen molar-refractivity contribution in [3.8, 4) is 0 Å². The maximum Gasteiger partial charge on any atom is 0.229 e. The Morgan fingerprint density at radius 3 is 2.52 bits per heavy atom. The fraction of sp³-hybridized carbons (Fsp3) is 0.217. The zero-order chi connectivity index (χ0) is 19.0. The molecule has 2 amide bonds. The van der Waals surface area contributed by atoms with Gasteiger partial charge in [-0.25, -0.2) is 0 Å². The molecule has 3 aromatic rings. The van der Waals surface area contributed by atoms with Crippen LogP contribution in [0.5, 0.6) is 0 Å². The molecule has 0 radical (unpaired) electrons. The Labute approximate surface area is 158 Å². The van der Waals surface area contributed by atoms with Gasteiger partial charge in [0.1, 0.15) is 0 Å². The highest BCUT2D eigenvalue weighted by atomic mass is 16.2. The Morgan fingerprint density at radius 1 is 0.963 bits per heavy atom. The van der Waals surface area contributed by atoms with Gasteiger partial charge in [-0.2, -0.15) is 0 Å². The lowest BCUT2D eigenvalue weighted by Gasteiger charge is -2.18. The predicted molar refractivity (Wildman–Crippen MR) is 109 cm³/mol. The van der Waals surface area contributed by atoms with Crippen LogP contribution in [0.15, 0.2) is 60.7 Å². The number of anilines is 2. The number of nitrogens with one attached hydrogen (secondary N) is 1. The Bertz CT molecular complexity index is 1040. The van der Waals surface area contributed by atoms with Gasteiger partial charge in [0.15, 0.2) is 0 Å². The molecule has 0 spiro atoms. The van der Waals surface area contributed by atoms with E-state index in [-0.39, 0.29) is 24.2 Å². The lowest BCUT2D eigenvalue weighted by Crippen LogP contribution is -2.28. The maximum absolute atomic E-state index is 12.7. The van der Waals surface area contributed by atoms with Crippen LogP contribution in [0.25, 0.3) is 10.8 Å². The topological polar surface area (TPSA) is 49.4 Å². The van der Waals surface area contributed by atoms with Gasteiger partial charge in [-0.1, -0.05) is 36.4 Å². The maximum atomic E-state index is 12.7. The van der Waals surface area contributed by atoms with Crippen LogP contribution in [-0.2, 0) is 9.59 Å². The molecule has 4 rings (SSSR count). The van der Waals surface area contributed by atoms with E-state index in [4.69, 9.17) is 0 Å². The number of amides is 2. The van der Waals surface area contributed by atoms with Crippen molar-refractivity contribution in [1.82, 2.24) is 0 Å². The standard InChI is InChI=1S/C23H22N2O2/c1-15-7-10-21(11-16(15)2)25-14-19(13-22(25)26)23(27)24-20-9-8-17-5-3-4-6-18(17)12-20/h3-12,19H,13-14H2,1-2H3,(H,24,27)/t19-/m0/s1.